The SMILES string of the molecule is Cc1ccc(C)c(OC[C@H](O)CN2CCOC[C@@H]2c2nc(C)no2)c1. The molecule has 0 bridgehead atoms. The molecule has 1 aliphatic heterocycles. The van der Waals surface area contributed by atoms with Gasteiger partial charge in [-0.3, -0.25) is 4.90 Å². The van der Waals surface area contributed by atoms with Crippen LogP contribution in [0.25, 0.3) is 0 Å². The Kier molecular flexibility index (Phi) is 5.67. The van der Waals surface area contributed by atoms with Crippen LogP contribution in [0.1, 0.15) is 28.9 Å². The van der Waals surface area contributed by atoms with Crippen LogP contribution in [-0.2, 0) is 4.74 Å². The van der Waals surface area contributed by atoms with Gasteiger partial charge >= 0.3 is 0 Å². The Morgan fingerprint density at radius 2 is 2.20 bits per heavy atom. The lowest BCUT2D eigenvalue weighted by Gasteiger charge is -2.34. The topological polar surface area (TPSA) is 80.9 Å². The lowest BCUT2D eigenvalue weighted by molar-refractivity contribution is -0.0428. The first-order valence-electron chi connectivity index (χ1n) is 8.53. The largest absolute Gasteiger partial charge is 0.491 e. The molecule has 1 N–H and O–H groups in total. The third kappa shape index (κ3) is 4.56. The summed E-state index contributed by atoms with van der Waals surface area (Å²) in [5.74, 6) is 1.93. The molecule has 7 nitrogen and oxygen atoms in total. The normalized spacial score (nSPS) is 19.8. The number of ether oxygens (including phenoxy) is 2. The summed E-state index contributed by atoms with van der Waals surface area (Å²) in [6, 6.07) is 5.92. The van der Waals surface area contributed by atoms with Crippen molar-refractivity contribution in [1.29, 1.82) is 0 Å². The predicted octanol–water partition coefficient (Wildman–Crippen LogP) is 1.81. The minimum Gasteiger partial charge on any atom is -0.491 e. The summed E-state index contributed by atoms with van der Waals surface area (Å²) in [7, 11) is 0. The molecule has 1 aliphatic rings. The quantitative estimate of drug-likeness (QED) is 0.853. The Morgan fingerprint density at radius 1 is 1.36 bits per heavy atom. The minimum absolute atomic E-state index is 0.134. The molecule has 2 heterocycles. The van der Waals surface area contributed by atoms with Crippen LogP contribution >= 0.6 is 0 Å². The standard InChI is InChI=1S/C18H25N3O4/c1-12-4-5-13(2)17(8-12)24-10-15(22)9-21-6-7-23-11-16(21)18-19-14(3)20-25-18/h4-5,8,15-16,22H,6-7,9-11H2,1-3H3/t15-,16-/m1/s1. The Morgan fingerprint density at radius 3 is 2.96 bits per heavy atom. The van der Waals surface area contributed by atoms with Crippen molar-refractivity contribution in [3.63, 3.8) is 0 Å². The first-order chi connectivity index (χ1) is 12.0. The van der Waals surface area contributed by atoms with Crippen LogP contribution in [0.5, 0.6) is 5.75 Å². The fraction of sp³-hybridized carbons (Fsp3) is 0.556. The predicted molar refractivity (Wildman–Crippen MR) is 91.6 cm³/mol. The Bertz CT molecular complexity index is 703. The molecule has 0 unspecified atom stereocenters. The molecule has 0 saturated carbocycles. The van der Waals surface area contributed by atoms with Crippen molar-refractivity contribution in [3.8, 4) is 5.75 Å². The van der Waals surface area contributed by atoms with E-state index in [4.69, 9.17) is 14.0 Å². The van der Waals surface area contributed by atoms with Gasteiger partial charge in [0.2, 0.25) is 5.89 Å². The lowest BCUT2D eigenvalue weighted by Crippen LogP contribution is -2.44. The summed E-state index contributed by atoms with van der Waals surface area (Å²) >= 11 is 0. The molecule has 136 valence electrons. The van der Waals surface area contributed by atoms with E-state index in [1.54, 1.807) is 6.92 Å². The van der Waals surface area contributed by atoms with Crippen LogP contribution in [0.3, 0.4) is 0 Å². The van der Waals surface area contributed by atoms with Crippen molar-refractivity contribution in [1.82, 2.24) is 15.0 Å². The van der Waals surface area contributed by atoms with E-state index in [2.05, 4.69) is 15.0 Å². The zero-order valence-electron chi connectivity index (χ0n) is 14.9. The lowest BCUT2D eigenvalue weighted by atomic mass is 10.1. The molecule has 1 fully saturated rings. The molecular formula is C18H25N3O4. The molecule has 3 rings (SSSR count). The van der Waals surface area contributed by atoms with Gasteiger partial charge in [0.15, 0.2) is 5.82 Å². The van der Waals surface area contributed by atoms with Gasteiger partial charge < -0.3 is 19.1 Å². The minimum atomic E-state index is -0.621. The smallest absolute Gasteiger partial charge is 0.246 e. The number of hydrogen-bond donors (Lipinski definition) is 1. The molecule has 0 amide bonds. The maximum Gasteiger partial charge on any atom is 0.246 e. The Labute approximate surface area is 147 Å². The number of β-amino-alcohol motifs (C(OH)–C–C–N with tert-alkyl or cyclic N) is 1. The number of aliphatic hydroxyl groups is 1. The van der Waals surface area contributed by atoms with Gasteiger partial charge in [-0.05, 0) is 38.0 Å². The van der Waals surface area contributed by atoms with E-state index in [-0.39, 0.29) is 12.6 Å². The molecule has 1 aromatic heterocycles. The van der Waals surface area contributed by atoms with Gasteiger partial charge in [-0.15, -0.1) is 0 Å². The number of morpholine rings is 1. The third-order valence-electron chi connectivity index (χ3n) is 4.29. The highest BCUT2D eigenvalue weighted by Gasteiger charge is 2.30. The van der Waals surface area contributed by atoms with Gasteiger partial charge in [0.1, 0.15) is 24.5 Å². The monoisotopic (exact) mass is 347 g/mol. The molecule has 0 aliphatic carbocycles. The summed E-state index contributed by atoms with van der Waals surface area (Å²) in [6.07, 6.45) is -0.621. The van der Waals surface area contributed by atoms with E-state index < -0.39 is 6.10 Å². The average Bonchev–Trinajstić information content (AvgIpc) is 3.02. The van der Waals surface area contributed by atoms with Crippen molar-refractivity contribution in [3.05, 3.63) is 41.0 Å². The number of benzene rings is 1. The van der Waals surface area contributed by atoms with E-state index in [0.717, 1.165) is 16.9 Å². The number of aryl methyl sites for hydroxylation is 3. The highest BCUT2D eigenvalue weighted by molar-refractivity contribution is 5.35. The van der Waals surface area contributed by atoms with Gasteiger partial charge in [0.25, 0.3) is 0 Å². The fourth-order valence-electron chi connectivity index (χ4n) is 2.90. The van der Waals surface area contributed by atoms with E-state index >= 15 is 0 Å². The highest BCUT2D eigenvalue weighted by Crippen LogP contribution is 2.23. The van der Waals surface area contributed by atoms with E-state index in [1.165, 1.54) is 0 Å². The van der Waals surface area contributed by atoms with Crippen molar-refractivity contribution in [2.75, 3.05) is 32.9 Å². The number of nitrogens with zero attached hydrogens (tertiary/aromatic N) is 3. The van der Waals surface area contributed by atoms with Crippen molar-refractivity contribution >= 4 is 0 Å². The maximum absolute atomic E-state index is 10.4. The van der Waals surface area contributed by atoms with E-state index in [9.17, 15) is 5.11 Å². The molecule has 0 spiro atoms. The summed E-state index contributed by atoms with van der Waals surface area (Å²) in [6.45, 7) is 8.29. The molecule has 0 radical (unpaired) electrons. The molecule has 2 atom stereocenters. The Balaban J connectivity index is 1.58. The number of aliphatic hydroxyl groups excluding tert-OH is 1. The van der Waals surface area contributed by atoms with Gasteiger partial charge in [-0.2, -0.15) is 4.98 Å². The summed E-state index contributed by atoms with van der Waals surface area (Å²) < 4.78 is 16.6. The second kappa shape index (κ2) is 7.95. The zero-order chi connectivity index (χ0) is 17.8. The van der Waals surface area contributed by atoms with E-state index in [0.29, 0.717) is 38.0 Å². The van der Waals surface area contributed by atoms with Crippen LogP contribution in [0, 0.1) is 20.8 Å². The van der Waals surface area contributed by atoms with Crippen LogP contribution in [0.15, 0.2) is 22.7 Å². The first kappa shape index (κ1) is 17.8. The first-order valence-corrected chi connectivity index (χ1v) is 8.53. The van der Waals surface area contributed by atoms with Crippen LogP contribution in [-0.4, -0.2) is 59.2 Å². The fourth-order valence-corrected chi connectivity index (χ4v) is 2.90. The zero-order valence-corrected chi connectivity index (χ0v) is 14.9. The molecule has 1 aromatic carbocycles. The second-order valence-electron chi connectivity index (χ2n) is 6.50. The summed E-state index contributed by atoms with van der Waals surface area (Å²) in [4.78, 5) is 6.40. The third-order valence-corrected chi connectivity index (χ3v) is 4.29. The van der Waals surface area contributed by atoms with E-state index in [1.807, 2.05) is 32.0 Å². The molecule has 7 heteroatoms. The van der Waals surface area contributed by atoms with Crippen LogP contribution in [0.4, 0.5) is 0 Å². The molecule has 2 aromatic rings. The average molecular weight is 347 g/mol. The molecule has 25 heavy (non-hydrogen) atoms. The highest BCUT2D eigenvalue weighted by atomic mass is 16.5. The Hall–Kier alpha value is -1.96. The van der Waals surface area contributed by atoms with Gasteiger partial charge in [-0.25, -0.2) is 0 Å². The second-order valence-corrected chi connectivity index (χ2v) is 6.50. The number of aromatic nitrogens is 2. The van der Waals surface area contributed by atoms with Crippen molar-refractivity contribution in [2.24, 2.45) is 0 Å². The van der Waals surface area contributed by atoms with Gasteiger partial charge in [-0.1, -0.05) is 17.3 Å². The van der Waals surface area contributed by atoms with Crippen molar-refractivity contribution < 1.29 is 19.1 Å². The summed E-state index contributed by atoms with van der Waals surface area (Å²) in [5.41, 5.74) is 2.19. The number of hydrogen-bond acceptors (Lipinski definition) is 7. The van der Waals surface area contributed by atoms with Crippen LogP contribution < -0.4 is 4.74 Å². The molecule has 1 saturated heterocycles. The summed E-state index contributed by atoms with van der Waals surface area (Å²) in [5, 5.41) is 14.3. The van der Waals surface area contributed by atoms with Crippen LogP contribution in [0.2, 0.25) is 0 Å². The van der Waals surface area contributed by atoms with Crippen molar-refractivity contribution in [2.45, 2.75) is 32.9 Å². The van der Waals surface area contributed by atoms with Gasteiger partial charge in [0, 0.05) is 13.1 Å². The van der Waals surface area contributed by atoms with Gasteiger partial charge in [0.05, 0.1) is 13.2 Å². The maximum atomic E-state index is 10.4. The number of rotatable bonds is 6. The molecular weight excluding hydrogens is 322 g/mol.